The highest BCUT2D eigenvalue weighted by atomic mass is 32.2. The average Bonchev–Trinajstić information content (AvgIpc) is 3.39. The van der Waals surface area contributed by atoms with Crippen LogP contribution < -0.4 is 14.4 Å². The van der Waals surface area contributed by atoms with Gasteiger partial charge in [0.15, 0.2) is 0 Å². The van der Waals surface area contributed by atoms with Crippen LogP contribution in [0.4, 0.5) is 5.69 Å². The summed E-state index contributed by atoms with van der Waals surface area (Å²) in [6.45, 7) is -0.0524. The Morgan fingerprint density at radius 3 is 1.90 bits per heavy atom. The first-order valence-electron chi connectivity index (χ1n) is 16.1. The zero-order chi connectivity index (χ0) is 34.4. The summed E-state index contributed by atoms with van der Waals surface area (Å²) in [4.78, 5) is 42.3. The molecule has 11 heteroatoms. The number of aliphatic hydroxyl groups excluding tert-OH is 1. The molecule has 1 aliphatic heterocycles. The van der Waals surface area contributed by atoms with Gasteiger partial charge in [-0.3, -0.25) is 19.3 Å². The quantitative estimate of drug-likeness (QED) is 0.155. The molecule has 0 bridgehead atoms. The Bertz CT molecular complexity index is 1870. The number of imide groups is 1. The number of aliphatic hydroxyl groups is 1. The molecule has 4 aromatic carbocycles. The first-order valence-corrected chi connectivity index (χ1v) is 17.6. The number of amides is 3. The molecule has 0 unspecified atom stereocenters. The lowest BCUT2D eigenvalue weighted by Gasteiger charge is -2.24. The molecule has 2 N–H and O–H groups in total. The smallest absolute Gasteiger partial charge is 0.255 e. The largest absolute Gasteiger partial charge is 0.491 e. The van der Waals surface area contributed by atoms with Gasteiger partial charge >= 0.3 is 0 Å². The van der Waals surface area contributed by atoms with Gasteiger partial charge < -0.3 is 14.7 Å². The fourth-order valence-electron chi connectivity index (χ4n) is 6.14. The summed E-state index contributed by atoms with van der Waals surface area (Å²) >= 11 is 0. The number of ether oxygens (including phenoxy) is 1. The number of hydrogen-bond donors (Lipinski definition) is 2. The van der Waals surface area contributed by atoms with Crippen LogP contribution in [-0.2, 0) is 32.7 Å². The summed E-state index contributed by atoms with van der Waals surface area (Å²) in [6.07, 6.45) is 3.76. The van der Waals surface area contributed by atoms with Crippen molar-refractivity contribution in [3.8, 4) is 5.75 Å². The van der Waals surface area contributed by atoms with Crippen LogP contribution in [0.2, 0.25) is 0 Å². The minimum atomic E-state index is -4.21. The van der Waals surface area contributed by atoms with Crippen LogP contribution in [0.3, 0.4) is 0 Å². The fourth-order valence-corrected chi connectivity index (χ4v) is 7.41. The van der Waals surface area contributed by atoms with Crippen LogP contribution in [-0.4, -0.2) is 55.4 Å². The van der Waals surface area contributed by atoms with Crippen molar-refractivity contribution in [3.63, 3.8) is 0 Å². The van der Waals surface area contributed by atoms with Crippen molar-refractivity contribution in [2.24, 2.45) is 11.8 Å². The van der Waals surface area contributed by atoms with E-state index in [1.54, 1.807) is 41.3 Å². The fraction of sp³-hybridized carbons (Fsp3) is 0.237. The van der Waals surface area contributed by atoms with Crippen molar-refractivity contribution >= 4 is 33.4 Å². The van der Waals surface area contributed by atoms with Crippen molar-refractivity contribution in [3.05, 3.63) is 138 Å². The SMILES string of the molecule is O=C(c1ccccc1S(=O)(=O)NC[C@@H](O)COc1ccc(N2C(=O)[C@H]3CC=CC[C@H]3C2=O)cc1)N(Cc1ccccc1)Cc1ccccc1. The number of carbonyl (C=O) groups is 3. The monoisotopic (exact) mass is 679 g/mol. The Morgan fingerprint density at radius 2 is 1.33 bits per heavy atom. The molecule has 3 amide bonds. The van der Waals surface area contributed by atoms with Crippen molar-refractivity contribution in [2.75, 3.05) is 18.1 Å². The number of fused-ring (bicyclic) bond motifs is 1. The van der Waals surface area contributed by atoms with Gasteiger partial charge in [0.25, 0.3) is 5.91 Å². The predicted octanol–water partition coefficient (Wildman–Crippen LogP) is 4.70. The molecule has 0 spiro atoms. The van der Waals surface area contributed by atoms with Gasteiger partial charge in [-0.05, 0) is 60.4 Å². The van der Waals surface area contributed by atoms with Gasteiger partial charge in [0.2, 0.25) is 21.8 Å². The summed E-state index contributed by atoms with van der Waals surface area (Å²) in [6, 6.07) is 31.3. The molecular weight excluding hydrogens is 642 g/mol. The summed E-state index contributed by atoms with van der Waals surface area (Å²) in [5.74, 6) is -1.16. The molecule has 2 aliphatic rings. The molecule has 49 heavy (non-hydrogen) atoms. The van der Waals surface area contributed by atoms with Gasteiger partial charge in [0.05, 0.1) is 28.0 Å². The number of nitrogens with one attached hydrogen (secondary N) is 1. The highest BCUT2D eigenvalue weighted by molar-refractivity contribution is 7.89. The normalized spacial score (nSPS) is 17.9. The van der Waals surface area contributed by atoms with E-state index in [0.29, 0.717) is 24.3 Å². The zero-order valence-electron chi connectivity index (χ0n) is 26.7. The first-order chi connectivity index (χ1) is 23.7. The number of benzene rings is 4. The lowest BCUT2D eigenvalue weighted by molar-refractivity contribution is -0.122. The zero-order valence-corrected chi connectivity index (χ0v) is 27.5. The molecule has 252 valence electrons. The molecule has 1 heterocycles. The number of rotatable bonds is 13. The number of nitrogens with zero attached hydrogens (tertiary/aromatic N) is 2. The van der Waals surface area contributed by atoms with Crippen LogP contribution in [0, 0.1) is 11.8 Å². The van der Waals surface area contributed by atoms with Gasteiger partial charge in [-0.15, -0.1) is 0 Å². The van der Waals surface area contributed by atoms with E-state index in [0.717, 1.165) is 11.1 Å². The van der Waals surface area contributed by atoms with E-state index in [-0.39, 0.29) is 60.4 Å². The molecule has 3 atom stereocenters. The first kappa shape index (κ1) is 33.8. The van der Waals surface area contributed by atoms with E-state index < -0.39 is 22.0 Å². The highest BCUT2D eigenvalue weighted by Gasteiger charge is 2.47. The van der Waals surface area contributed by atoms with Gasteiger partial charge in [-0.1, -0.05) is 84.9 Å². The predicted molar refractivity (Wildman–Crippen MR) is 184 cm³/mol. The number of carbonyl (C=O) groups excluding carboxylic acids is 3. The molecule has 1 aliphatic carbocycles. The van der Waals surface area contributed by atoms with Gasteiger partial charge in [-0.2, -0.15) is 0 Å². The van der Waals surface area contributed by atoms with Crippen LogP contribution in [0.5, 0.6) is 5.75 Å². The van der Waals surface area contributed by atoms with Crippen molar-refractivity contribution in [1.82, 2.24) is 9.62 Å². The Morgan fingerprint density at radius 1 is 0.796 bits per heavy atom. The molecule has 10 nitrogen and oxygen atoms in total. The molecule has 1 fully saturated rings. The second kappa shape index (κ2) is 15.0. The lowest BCUT2D eigenvalue weighted by atomic mass is 9.85. The molecule has 6 rings (SSSR count). The topological polar surface area (TPSA) is 133 Å². The van der Waals surface area contributed by atoms with Gasteiger partial charge in [0, 0.05) is 19.6 Å². The Hall–Kier alpha value is -5.10. The van der Waals surface area contributed by atoms with Crippen LogP contribution in [0.1, 0.15) is 34.3 Å². The second-order valence-electron chi connectivity index (χ2n) is 12.1. The average molecular weight is 680 g/mol. The molecule has 0 radical (unpaired) electrons. The summed E-state index contributed by atoms with van der Waals surface area (Å²) in [5, 5.41) is 10.6. The number of hydrogen-bond acceptors (Lipinski definition) is 7. The van der Waals surface area contributed by atoms with E-state index in [1.807, 2.05) is 72.8 Å². The number of anilines is 1. The maximum atomic E-state index is 13.9. The lowest BCUT2D eigenvalue weighted by Crippen LogP contribution is -2.37. The van der Waals surface area contributed by atoms with Crippen LogP contribution >= 0.6 is 0 Å². The van der Waals surface area contributed by atoms with E-state index in [4.69, 9.17) is 4.74 Å². The van der Waals surface area contributed by atoms with E-state index >= 15 is 0 Å². The standard InChI is InChI=1S/C38H37N3O7S/c42-30(26-48-31-21-19-29(20-22-31)41-37(44)32-15-7-8-16-33(32)38(41)45)23-39-49(46,47)35-18-10-9-17-34(35)36(43)40(24-27-11-3-1-4-12-27)25-28-13-5-2-6-14-28/h1-14,17-22,30,32-33,39,42H,15-16,23-26H2/t30-,32-,33+/m1/s1. The highest BCUT2D eigenvalue weighted by Crippen LogP contribution is 2.38. The second-order valence-corrected chi connectivity index (χ2v) is 13.8. The summed E-state index contributed by atoms with van der Waals surface area (Å²) in [7, 11) is -4.21. The number of sulfonamides is 1. The van der Waals surface area contributed by atoms with Crippen LogP contribution in [0.25, 0.3) is 0 Å². The van der Waals surface area contributed by atoms with Crippen molar-refractivity contribution in [1.29, 1.82) is 0 Å². The maximum absolute atomic E-state index is 13.9. The van der Waals surface area contributed by atoms with Crippen molar-refractivity contribution in [2.45, 2.75) is 36.9 Å². The molecule has 0 saturated carbocycles. The third-order valence-electron chi connectivity index (χ3n) is 8.68. The van der Waals surface area contributed by atoms with Gasteiger partial charge in [0.1, 0.15) is 18.5 Å². The Labute approximate surface area is 285 Å². The third-order valence-corrected chi connectivity index (χ3v) is 10.2. The number of allylic oxidation sites excluding steroid dienone is 2. The minimum absolute atomic E-state index is 0.0122. The maximum Gasteiger partial charge on any atom is 0.255 e. The van der Waals surface area contributed by atoms with E-state index in [2.05, 4.69) is 4.72 Å². The Balaban J connectivity index is 1.08. The molecular formula is C38H37N3O7S. The van der Waals surface area contributed by atoms with Gasteiger partial charge in [-0.25, -0.2) is 13.1 Å². The summed E-state index contributed by atoms with van der Waals surface area (Å²) in [5.41, 5.74) is 2.26. The minimum Gasteiger partial charge on any atom is -0.491 e. The molecule has 0 aromatic heterocycles. The third kappa shape index (κ3) is 7.80. The van der Waals surface area contributed by atoms with E-state index in [1.165, 1.54) is 17.0 Å². The summed E-state index contributed by atoms with van der Waals surface area (Å²) < 4.78 is 35.1. The molecule has 4 aromatic rings. The van der Waals surface area contributed by atoms with E-state index in [9.17, 15) is 27.9 Å². The van der Waals surface area contributed by atoms with Crippen LogP contribution in [0.15, 0.2) is 126 Å². The van der Waals surface area contributed by atoms with Crippen molar-refractivity contribution < 1.29 is 32.6 Å². The Kier molecular flexibility index (Phi) is 10.3. The molecule has 1 saturated heterocycles.